The molecular weight excluding hydrogens is 803 g/mol. The predicted octanol–water partition coefficient (Wildman–Crippen LogP) is 8.94. The molecule has 0 bridgehead atoms. The smallest absolute Gasteiger partial charge is 0.462 e. The molecule has 1 aliphatic rings. The Morgan fingerprint density at radius 1 is 0.508 bits per heavy atom. The molecule has 14 heteroatoms. The summed E-state index contributed by atoms with van der Waals surface area (Å²) in [5.41, 5.74) is 0. The van der Waals surface area contributed by atoms with E-state index in [-0.39, 0.29) is 12.8 Å². The van der Waals surface area contributed by atoms with Gasteiger partial charge >= 0.3 is 19.8 Å². The average molecular weight is 885 g/mol. The minimum Gasteiger partial charge on any atom is -0.462 e. The number of esters is 2. The molecule has 0 aliphatic heterocycles. The van der Waals surface area contributed by atoms with Gasteiger partial charge in [0.25, 0.3) is 0 Å². The predicted molar refractivity (Wildman–Crippen MR) is 239 cm³/mol. The molecule has 13 nitrogen and oxygen atoms in total. The second-order valence-electron chi connectivity index (χ2n) is 15.9. The van der Waals surface area contributed by atoms with Gasteiger partial charge in [0.1, 0.15) is 43.2 Å². The van der Waals surface area contributed by atoms with Crippen molar-refractivity contribution in [2.75, 3.05) is 13.2 Å². The van der Waals surface area contributed by atoms with Gasteiger partial charge in [-0.15, -0.1) is 0 Å². The molecule has 1 rings (SSSR count). The van der Waals surface area contributed by atoms with Gasteiger partial charge in [0.2, 0.25) is 0 Å². The number of ether oxygens (including phenoxy) is 2. The summed E-state index contributed by atoms with van der Waals surface area (Å²) in [6, 6.07) is 0. The fourth-order valence-electron chi connectivity index (χ4n) is 6.57. The lowest BCUT2D eigenvalue weighted by Crippen LogP contribution is -2.64. The van der Waals surface area contributed by atoms with Crippen molar-refractivity contribution >= 4 is 19.8 Å². The van der Waals surface area contributed by atoms with Gasteiger partial charge in [-0.2, -0.15) is 0 Å². The summed E-state index contributed by atoms with van der Waals surface area (Å²) < 4.78 is 33.4. The molecule has 8 atom stereocenters. The maximum absolute atomic E-state index is 12.8. The van der Waals surface area contributed by atoms with Crippen LogP contribution in [0.2, 0.25) is 0 Å². The lowest BCUT2D eigenvalue weighted by Gasteiger charge is -2.41. The lowest BCUT2D eigenvalue weighted by atomic mass is 9.85. The molecule has 0 amide bonds. The van der Waals surface area contributed by atoms with Crippen molar-refractivity contribution in [3.05, 3.63) is 60.8 Å². The number of phosphoric acid groups is 1. The van der Waals surface area contributed by atoms with E-state index in [1.54, 1.807) is 0 Å². The van der Waals surface area contributed by atoms with E-state index in [1.165, 1.54) is 64.2 Å². The summed E-state index contributed by atoms with van der Waals surface area (Å²) in [6.07, 6.45) is 31.3. The highest BCUT2D eigenvalue weighted by Crippen LogP contribution is 2.47. The number of aliphatic hydroxyl groups excluding tert-OH is 5. The third-order valence-corrected chi connectivity index (χ3v) is 11.3. The van der Waals surface area contributed by atoms with Crippen LogP contribution in [0.4, 0.5) is 0 Å². The summed E-state index contributed by atoms with van der Waals surface area (Å²) in [5.74, 6) is -1.17. The minimum atomic E-state index is -5.14. The van der Waals surface area contributed by atoms with Gasteiger partial charge in [0.15, 0.2) is 6.10 Å². The summed E-state index contributed by atoms with van der Waals surface area (Å²) in [4.78, 5) is 35.7. The molecule has 0 aromatic rings. The van der Waals surface area contributed by atoms with E-state index in [9.17, 15) is 44.6 Å². The van der Waals surface area contributed by atoms with E-state index >= 15 is 0 Å². The SMILES string of the molecule is CCCCCC=CCC=CCC=CCC=CCCCC(=O)O[C@H](COC(=O)CCCCCCCCCC=CCCCCCC)COP(=O)(O)OC1C(O)C(O)C(O)[C@@H](O)C1O. The van der Waals surface area contributed by atoms with E-state index in [1.807, 2.05) is 12.2 Å². The summed E-state index contributed by atoms with van der Waals surface area (Å²) in [6.45, 7) is 3.20. The van der Waals surface area contributed by atoms with Crippen molar-refractivity contribution in [2.45, 2.75) is 211 Å². The molecule has 352 valence electrons. The fourth-order valence-corrected chi connectivity index (χ4v) is 7.54. The Morgan fingerprint density at radius 3 is 1.44 bits per heavy atom. The molecule has 1 aliphatic carbocycles. The molecule has 0 aromatic carbocycles. The first-order valence-electron chi connectivity index (χ1n) is 23.1. The molecule has 0 aromatic heterocycles. The van der Waals surface area contributed by atoms with Crippen LogP contribution in [0.3, 0.4) is 0 Å². The quantitative estimate of drug-likeness (QED) is 0.0149. The van der Waals surface area contributed by atoms with Crippen LogP contribution in [-0.2, 0) is 32.7 Å². The van der Waals surface area contributed by atoms with Crippen LogP contribution < -0.4 is 0 Å². The van der Waals surface area contributed by atoms with Crippen molar-refractivity contribution < 1.29 is 63.1 Å². The number of rotatable bonds is 37. The molecule has 1 fully saturated rings. The van der Waals surface area contributed by atoms with Crippen LogP contribution in [0, 0.1) is 0 Å². The van der Waals surface area contributed by atoms with Crippen molar-refractivity contribution in [1.82, 2.24) is 0 Å². The Bertz CT molecular complexity index is 1300. The van der Waals surface area contributed by atoms with Crippen molar-refractivity contribution in [3.8, 4) is 0 Å². The average Bonchev–Trinajstić information content (AvgIpc) is 3.24. The monoisotopic (exact) mass is 885 g/mol. The number of unbranched alkanes of at least 4 members (excludes halogenated alkanes) is 15. The fraction of sp³-hybridized carbons (Fsp3) is 0.745. The van der Waals surface area contributed by atoms with Crippen LogP contribution >= 0.6 is 7.82 Å². The highest BCUT2D eigenvalue weighted by atomic mass is 31.2. The Kier molecular flexibility index (Phi) is 34.3. The summed E-state index contributed by atoms with van der Waals surface area (Å²) >= 11 is 0. The van der Waals surface area contributed by atoms with Gasteiger partial charge in [-0.3, -0.25) is 18.6 Å². The molecule has 6 unspecified atom stereocenters. The van der Waals surface area contributed by atoms with E-state index in [2.05, 4.69) is 62.5 Å². The standard InChI is InChI=1S/C47H81O13P/c1-3-5-7-9-11-13-15-17-19-20-22-24-26-28-30-32-34-36-41(49)59-39(38-58-61(55,56)60-47-45(53)43(51)42(50)44(52)46(47)54)37-57-40(48)35-33-31-29-27-25-23-21-18-16-14-12-10-8-6-4-2/h11,13-14,16-17,19,22,24,28,30,39,42-47,50-54H,3-10,12,15,18,20-21,23,25-27,29,31-38H2,1-2H3,(H,55,56)/t39-,42?,43-,44?,45?,46?,47?/m1/s1. The zero-order chi connectivity index (χ0) is 45.0. The summed E-state index contributed by atoms with van der Waals surface area (Å²) in [7, 11) is -5.14. The molecule has 0 heterocycles. The normalized spacial score (nSPS) is 22.6. The first-order chi connectivity index (χ1) is 29.4. The van der Waals surface area contributed by atoms with E-state index in [0.29, 0.717) is 19.3 Å². The number of carbonyl (C=O) groups excluding carboxylic acids is 2. The van der Waals surface area contributed by atoms with Gasteiger partial charge in [0, 0.05) is 12.8 Å². The van der Waals surface area contributed by atoms with Crippen LogP contribution in [-0.4, -0.2) is 98.3 Å². The van der Waals surface area contributed by atoms with E-state index < -0.39 is 75.7 Å². The number of aliphatic hydroxyl groups is 5. The van der Waals surface area contributed by atoms with Gasteiger partial charge < -0.3 is 39.9 Å². The molecular formula is C47H81O13P. The molecule has 6 N–H and O–H groups in total. The maximum Gasteiger partial charge on any atom is 0.472 e. The Balaban J connectivity index is 2.52. The number of phosphoric ester groups is 1. The topological polar surface area (TPSA) is 210 Å². The molecule has 0 saturated heterocycles. The van der Waals surface area contributed by atoms with E-state index in [0.717, 1.165) is 57.8 Å². The lowest BCUT2D eigenvalue weighted by molar-refractivity contribution is -0.220. The van der Waals surface area contributed by atoms with Crippen molar-refractivity contribution in [1.29, 1.82) is 0 Å². The Morgan fingerprint density at radius 2 is 0.902 bits per heavy atom. The molecule has 1 saturated carbocycles. The zero-order valence-electron chi connectivity index (χ0n) is 37.2. The van der Waals surface area contributed by atoms with Gasteiger partial charge in [-0.1, -0.05) is 139 Å². The van der Waals surface area contributed by atoms with Crippen molar-refractivity contribution in [3.63, 3.8) is 0 Å². The third-order valence-electron chi connectivity index (χ3n) is 10.3. The molecule has 0 radical (unpaired) electrons. The van der Waals surface area contributed by atoms with E-state index in [4.69, 9.17) is 18.5 Å². The summed E-state index contributed by atoms with van der Waals surface area (Å²) in [5, 5.41) is 50.1. The van der Waals surface area contributed by atoms with Crippen LogP contribution in [0.15, 0.2) is 60.8 Å². The third kappa shape index (κ3) is 29.5. The largest absolute Gasteiger partial charge is 0.472 e. The molecule has 61 heavy (non-hydrogen) atoms. The van der Waals surface area contributed by atoms with Crippen LogP contribution in [0.5, 0.6) is 0 Å². The second kappa shape index (κ2) is 37.0. The first kappa shape index (κ1) is 56.6. The van der Waals surface area contributed by atoms with Gasteiger partial charge in [-0.05, 0) is 77.0 Å². The highest BCUT2D eigenvalue weighted by molar-refractivity contribution is 7.47. The zero-order valence-corrected chi connectivity index (χ0v) is 38.1. The first-order valence-corrected chi connectivity index (χ1v) is 24.6. The van der Waals surface area contributed by atoms with Gasteiger partial charge in [0.05, 0.1) is 6.61 Å². The Hall–Kier alpha value is -2.45. The number of hydrogen-bond donors (Lipinski definition) is 6. The Labute approximate surface area is 366 Å². The maximum atomic E-state index is 12.8. The van der Waals surface area contributed by atoms with Crippen molar-refractivity contribution in [2.24, 2.45) is 0 Å². The number of carbonyl (C=O) groups is 2. The second-order valence-corrected chi connectivity index (χ2v) is 17.3. The highest BCUT2D eigenvalue weighted by Gasteiger charge is 2.51. The van der Waals surface area contributed by atoms with Crippen LogP contribution in [0.1, 0.15) is 168 Å². The number of hydrogen-bond acceptors (Lipinski definition) is 12. The minimum absolute atomic E-state index is 0.0180. The van der Waals surface area contributed by atoms with Crippen LogP contribution in [0.25, 0.3) is 0 Å². The number of allylic oxidation sites excluding steroid dienone is 10. The molecule has 0 spiro atoms. The van der Waals surface area contributed by atoms with Gasteiger partial charge in [-0.25, -0.2) is 4.57 Å².